The van der Waals surface area contributed by atoms with Gasteiger partial charge in [0, 0.05) is 13.2 Å². The van der Waals surface area contributed by atoms with Gasteiger partial charge in [0.1, 0.15) is 6.04 Å². The van der Waals surface area contributed by atoms with Crippen LogP contribution in [0.3, 0.4) is 0 Å². The van der Waals surface area contributed by atoms with Crippen molar-refractivity contribution in [2.45, 2.75) is 12.5 Å². The Balaban J connectivity index is 1.88. The number of pyridine rings is 1. The Morgan fingerprint density at radius 3 is 2.89 bits per heavy atom. The SMILES string of the molecule is CN1C(=O)CC(Nc2nc3c(Br)cccn3n2)C1=O. The van der Waals surface area contributed by atoms with Gasteiger partial charge in [-0.25, -0.2) is 4.52 Å². The molecule has 2 aromatic rings. The molecule has 98 valence electrons. The van der Waals surface area contributed by atoms with Crippen LogP contribution in [0, 0.1) is 0 Å². The molecular formula is C11H10BrN5O2. The minimum Gasteiger partial charge on any atom is -0.341 e. The van der Waals surface area contributed by atoms with Gasteiger partial charge < -0.3 is 5.32 Å². The number of aromatic nitrogens is 3. The summed E-state index contributed by atoms with van der Waals surface area (Å²) < 4.78 is 2.40. The molecular weight excluding hydrogens is 314 g/mol. The van der Waals surface area contributed by atoms with Gasteiger partial charge in [0.2, 0.25) is 11.9 Å². The van der Waals surface area contributed by atoms with Crippen LogP contribution < -0.4 is 5.32 Å². The van der Waals surface area contributed by atoms with E-state index >= 15 is 0 Å². The minimum absolute atomic E-state index is 0.131. The van der Waals surface area contributed by atoms with E-state index in [2.05, 4.69) is 31.3 Å². The molecule has 0 bridgehead atoms. The van der Waals surface area contributed by atoms with Crippen molar-refractivity contribution in [2.24, 2.45) is 0 Å². The van der Waals surface area contributed by atoms with E-state index in [4.69, 9.17) is 0 Å². The lowest BCUT2D eigenvalue weighted by atomic mass is 10.2. The number of hydrogen-bond acceptors (Lipinski definition) is 5. The summed E-state index contributed by atoms with van der Waals surface area (Å²) in [4.78, 5) is 28.6. The first-order valence-electron chi connectivity index (χ1n) is 5.64. The largest absolute Gasteiger partial charge is 0.341 e. The average molecular weight is 324 g/mol. The lowest BCUT2D eigenvalue weighted by molar-refractivity contribution is -0.136. The summed E-state index contributed by atoms with van der Waals surface area (Å²) in [6.07, 6.45) is 1.89. The Morgan fingerprint density at radius 2 is 2.26 bits per heavy atom. The van der Waals surface area contributed by atoms with Gasteiger partial charge in [-0.05, 0) is 28.1 Å². The molecule has 1 aliphatic rings. The third kappa shape index (κ3) is 1.97. The molecule has 1 aliphatic heterocycles. The molecule has 2 aromatic heterocycles. The zero-order chi connectivity index (χ0) is 13.6. The van der Waals surface area contributed by atoms with Crippen LogP contribution in [0.2, 0.25) is 0 Å². The molecule has 0 spiro atoms. The van der Waals surface area contributed by atoms with Crippen molar-refractivity contribution in [3.05, 3.63) is 22.8 Å². The molecule has 19 heavy (non-hydrogen) atoms. The van der Waals surface area contributed by atoms with E-state index in [9.17, 15) is 9.59 Å². The molecule has 0 aliphatic carbocycles. The Morgan fingerprint density at radius 1 is 1.47 bits per heavy atom. The van der Waals surface area contributed by atoms with E-state index < -0.39 is 6.04 Å². The van der Waals surface area contributed by atoms with E-state index in [-0.39, 0.29) is 18.2 Å². The van der Waals surface area contributed by atoms with Crippen molar-refractivity contribution in [3.63, 3.8) is 0 Å². The van der Waals surface area contributed by atoms with E-state index in [0.717, 1.165) is 9.37 Å². The van der Waals surface area contributed by atoms with Gasteiger partial charge in [-0.3, -0.25) is 14.5 Å². The molecule has 1 unspecified atom stereocenters. The van der Waals surface area contributed by atoms with E-state index in [1.807, 2.05) is 12.1 Å². The van der Waals surface area contributed by atoms with Crippen LogP contribution in [0.25, 0.3) is 5.65 Å². The number of amides is 2. The number of likely N-dealkylation sites (N-methyl/N-ethyl adjacent to an activating group) is 1. The second-order valence-corrected chi connectivity index (χ2v) is 5.11. The third-order valence-electron chi connectivity index (χ3n) is 3.00. The van der Waals surface area contributed by atoms with E-state index in [1.165, 1.54) is 7.05 Å². The molecule has 1 N–H and O–H groups in total. The summed E-state index contributed by atoms with van der Waals surface area (Å²) in [6.45, 7) is 0. The Labute approximate surface area is 116 Å². The zero-order valence-electron chi connectivity index (χ0n) is 10.00. The van der Waals surface area contributed by atoms with Crippen LogP contribution in [0.15, 0.2) is 22.8 Å². The van der Waals surface area contributed by atoms with Gasteiger partial charge >= 0.3 is 0 Å². The van der Waals surface area contributed by atoms with Crippen LogP contribution in [0.4, 0.5) is 5.95 Å². The van der Waals surface area contributed by atoms with Crippen molar-refractivity contribution in [1.29, 1.82) is 0 Å². The maximum Gasteiger partial charge on any atom is 0.252 e. The molecule has 2 amide bonds. The highest BCUT2D eigenvalue weighted by Crippen LogP contribution is 2.19. The fourth-order valence-corrected chi connectivity index (χ4v) is 2.38. The van der Waals surface area contributed by atoms with Gasteiger partial charge in [-0.1, -0.05) is 0 Å². The smallest absolute Gasteiger partial charge is 0.252 e. The third-order valence-corrected chi connectivity index (χ3v) is 3.62. The summed E-state index contributed by atoms with van der Waals surface area (Å²) in [6, 6.07) is 3.09. The predicted octanol–water partition coefficient (Wildman–Crippen LogP) is 0.661. The van der Waals surface area contributed by atoms with Gasteiger partial charge in [0.25, 0.3) is 5.91 Å². The molecule has 0 radical (unpaired) electrons. The van der Waals surface area contributed by atoms with Crippen molar-refractivity contribution in [3.8, 4) is 0 Å². The normalized spacial score (nSPS) is 19.5. The van der Waals surface area contributed by atoms with Crippen LogP contribution >= 0.6 is 15.9 Å². The summed E-state index contributed by atoms with van der Waals surface area (Å²) in [5.74, 6) is -0.135. The van der Waals surface area contributed by atoms with Crippen LogP contribution in [-0.2, 0) is 9.59 Å². The highest BCUT2D eigenvalue weighted by molar-refractivity contribution is 9.10. The number of halogens is 1. The molecule has 3 heterocycles. The number of carbonyl (C=O) groups is 2. The zero-order valence-corrected chi connectivity index (χ0v) is 11.6. The number of carbonyl (C=O) groups excluding carboxylic acids is 2. The fourth-order valence-electron chi connectivity index (χ4n) is 1.96. The Bertz CT molecular complexity index is 683. The average Bonchev–Trinajstić information content (AvgIpc) is 2.89. The number of nitrogens with one attached hydrogen (secondary N) is 1. The predicted molar refractivity (Wildman–Crippen MR) is 70.5 cm³/mol. The first-order chi connectivity index (χ1) is 9.06. The number of fused-ring (bicyclic) bond motifs is 1. The molecule has 1 saturated heterocycles. The van der Waals surface area contributed by atoms with E-state index in [0.29, 0.717) is 11.6 Å². The first-order valence-corrected chi connectivity index (χ1v) is 6.43. The van der Waals surface area contributed by atoms with Gasteiger partial charge in [0.05, 0.1) is 10.9 Å². The van der Waals surface area contributed by atoms with Gasteiger partial charge in [-0.2, -0.15) is 4.98 Å². The minimum atomic E-state index is -0.589. The molecule has 7 nitrogen and oxygen atoms in total. The number of likely N-dealkylation sites (tertiary alicyclic amines) is 1. The van der Waals surface area contributed by atoms with Gasteiger partial charge in [0.15, 0.2) is 5.65 Å². The first kappa shape index (κ1) is 12.1. The number of hydrogen-bond donors (Lipinski definition) is 1. The topological polar surface area (TPSA) is 79.6 Å². The Kier molecular flexibility index (Phi) is 2.74. The van der Waals surface area contributed by atoms with Crippen molar-refractivity contribution >= 4 is 39.3 Å². The van der Waals surface area contributed by atoms with Crippen LogP contribution in [-0.4, -0.2) is 44.4 Å². The van der Waals surface area contributed by atoms with Crippen molar-refractivity contribution in [1.82, 2.24) is 19.5 Å². The molecule has 1 fully saturated rings. The summed E-state index contributed by atoms with van der Waals surface area (Å²) in [5, 5.41) is 7.10. The maximum atomic E-state index is 11.8. The van der Waals surface area contributed by atoms with Crippen molar-refractivity contribution in [2.75, 3.05) is 12.4 Å². The van der Waals surface area contributed by atoms with Crippen LogP contribution in [0.5, 0.6) is 0 Å². The fraction of sp³-hybridized carbons (Fsp3) is 0.273. The van der Waals surface area contributed by atoms with E-state index in [1.54, 1.807) is 10.7 Å². The number of anilines is 1. The highest BCUT2D eigenvalue weighted by Gasteiger charge is 2.36. The quantitative estimate of drug-likeness (QED) is 0.821. The standard InChI is InChI=1S/C11H10BrN5O2/c1-16-8(18)5-7(10(16)19)13-11-14-9-6(12)3-2-4-17(9)15-11/h2-4,7H,5H2,1H3,(H,13,15). The lowest BCUT2D eigenvalue weighted by Crippen LogP contribution is -2.32. The van der Waals surface area contributed by atoms with Crippen molar-refractivity contribution < 1.29 is 9.59 Å². The second-order valence-electron chi connectivity index (χ2n) is 4.25. The number of rotatable bonds is 2. The molecule has 3 rings (SSSR count). The lowest BCUT2D eigenvalue weighted by Gasteiger charge is -2.08. The highest BCUT2D eigenvalue weighted by atomic mass is 79.9. The summed E-state index contributed by atoms with van der Waals surface area (Å²) >= 11 is 3.37. The molecule has 0 saturated carbocycles. The molecule has 8 heteroatoms. The molecule has 0 aromatic carbocycles. The maximum absolute atomic E-state index is 11.8. The van der Waals surface area contributed by atoms with Gasteiger partial charge in [-0.15, -0.1) is 5.10 Å². The summed E-state index contributed by atoms with van der Waals surface area (Å²) in [7, 11) is 1.47. The van der Waals surface area contributed by atoms with Crippen LogP contribution in [0.1, 0.15) is 6.42 Å². The number of nitrogens with zero attached hydrogens (tertiary/aromatic N) is 4. The second kappa shape index (κ2) is 4.30. The number of imide groups is 1. The monoisotopic (exact) mass is 323 g/mol. The molecule has 1 atom stereocenters. The summed E-state index contributed by atoms with van der Waals surface area (Å²) in [5.41, 5.74) is 0.648. The Hall–Kier alpha value is -1.96.